The molecule has 0 amide bonds. The summed E-state index contributed by atoms with van der Waals surface area (Å²) >= 11 is 0. The Hall–Kier alpha value is -1.55. The molecular weight excluding hydrogens is 214 g/mol. The van der Waals surface area contributed by atoms with Gasteiger partial charge in [-0.3, -0.25) is 0 Å². The average Bonchev–Trinajstić information content (AvgIpc) is 2.75. The predicted molar refractivity (Wildman–Crippen MR) is 70.1 cm³/mol. The predicted octanol–water partition coefficient (Wildman–Crippen LogP) is 2.25. The summed E-state index contributed by atoms with van der Waals surface area (Å²) in [6, 6.07) is 3.84. The Balaban J connectivity index is 2.36. The van der Waals surface area contributed by atoms with Crippen LogP contribution in [0.2, 0.25) is 0 Å². The molecule has 0 fully saturated rings. The van der Waals surface area contributed by atoms with Crippen molar-refractivity contribution in [3.05, 3.63) is 24.6 Å². The van der Waals surface area contributed by atoms with E-state index in [2.05, 4.69) is 23.7 Å². The van der Waals surface area contributed by atoms with E-state index in [9.17, 15) is 0 Å². The highest BCUT2D eigenvalue weighted by molar-refractivity contribution is 5.88. The van der Waals surface area contributed by atoms with Crippen LogP contribution < -0.4 is 10.6 Å². The van der Waals surface area contributed by atoms with Gasteiger partial charge >= 0.3 is 0 Å². The standard InChI is InChI=1S/C13H19N3O/c1-10(2)9-16(7-5-14)13-11-4-8-17-12(11)3-6-15-13/h3-4,6,8,10H,5,7,9,14H2,1-2H3. The molecule has 0 unspecified atom stereocenters. The lowest BCUT2D eigenvalue weighted by Gasteiger charge is -2.25. The monoisotopic (exact) mass is 233 g/mol. The van der Waals surface area contributed by atoms with Crippen LogP contribution in [0.15, 0.2) is 29.0 Å². The second-order valence-corrected chi connectivity index (χ2v) is 4.60. The van der Waals surface area contributed by atoms with Gasteiger partial charge in [-0.1, -0.05) is 13.8 Å². The van der Waals surface area contributed by atoms with Crippen molar-refractivity contribution in [1.82, 2.24) is 4.98 Å². The van der Waals surface area contributed by atoms with E-state index < -0.39 is 0 Å². The van der Waals surface area contributed by atoms with Gasteiger partial charge in [0.1, 0.15) is 11.4 Å². The molecule has 0 aliphatic rings. The lowest BCUT2D eigenvalue weighted by atomic mass is 10.2. The van der Waals surface area contributed by atoms with Gasteiger partial charge in [0.05, 0.1) is 11.6 Å². The van der Waals surface area contributed by atoms with Crippen LogP contribution >= 0.6 is 0 Å². The molecule has 0 bridgehead atoms. The molecule has 0 atom stereocenters. The Morgan fingerprint density at radius 3 is 2.94 bits per heavy atom. The zero-order valence-electron chi connectivity index (χ0n) is 10.4. The largest absolute Gasteiger partial charge is 0.464 e. The second-order valence-electron chi connectivity index (χ2n) is 4.60. The van der Waals surface area contributed by atoms with Crippen molar-refractivity contribution in [2.24, 2.45) is 11.7 Å². The highest BCUT2D eigenvalue weighted by atomic mass is 16.3. The number of fused-ring (bicyclic) bond motifs is 1. The van der Waals surface area contributed by atoms with Gasteiger partial charge in [-0.2, -0.15) is 0 Å². The van der Waals surface area contributed by atoms with Gasteiger partial charge in [0.15, 0.2) is 0 Å². The summed E-state index contributed by atoms with van der Waals surface area (Å²) in [4.78, 5) is 6.69. The fourth-order valence-electron chi connectivity index (χ4n) is 2.01. The van der Waals surface area contributed by atoms with Crippen molar-refractivity contribution in [2.45, 2.75) is 13.8 Å². The molecule has 0 aliphatic heterocycles. The minimum atomic E-state index is 0.575. The number of aromatic nitrogens is 1. The highest BCUT2D eigenvalue weighted by Crippen LogP contribution is 2.25. The van der Waals surface area contributed by atoms with Crippen molar-refractivity contribution >= 4 is 16.8 Å². The molecule has 2 N–H and O–H groups in total. The number of anilines is 1. The van der Waals surface area contributed by atoms with Crippen LogP contribution in [0.1, 0.15) is 13.8 Å². The lowest BCUT2D eigenvalue weighted by molar-refractivity contribution is 0.606. The first-order valence-electron chi connectivity index (χ1n) is 5.99. The van der Waals surface area contributed by atoms with Gasteiger partial charge in [-0.25, -0.2) is 4.98 Å². The van der Waals surface area contributed by atoms with Gasteiger partial charge in [-0.15, -0.1) is 0 Å². The Bertz CT molecular complexity index is 478. The third-order valence-corrected chi connectivity index (χ3v) is 2.64. The van der Waals surface area contributed by atoms with Gasteiger partial charge in [0, 0.05) is 25.8 Å². The van der Waals surface area contributed by atoms with Gasteiger partial charge in [0.2, 0.25) is 0 Å². The van der Waals surface area contributed by atoms with Crippen LogP contribution in [-0.2, 0) is 0 Å². The fraction of sp³-hybridized carbons (Fsp3) is 0.462. The summed E-state index contributed by atoms with van der Waals surface area (Å²) in [5, 5.41) is 1.06. The number of nitrogens with zero attached hydrogens (tertiary/aromatic N) is 2. The second kappa shape index (κ2) is 5.19. The third kappa shape index (κ3) is 2.58. The first-order chi connectivity index (χ1) is 8.22. The Kier molecular flexibility index (Phi) is 3.64. The van der Waals surface area contributed by atoms with Crippen molar-refractivity contribution in [3.8, 4) is 0 Å². The molecule has 2 aromatic heterocycles. The molecule has 2 heterocycles. The smallest absolute Gasteiger partial charge is 0.139 e. The van der Waals surface area contributed by atoms with Crippen molar-refractivity contribution in [2.75, 3.05) is 24.5 Å². The van der Waals surface area contributed by atoms with Crippen molar-refractivity contribution < 1.29 is 4.42 Å². The summed E-state index contributed by atoms with van der Waals surface area (Å²) in [6.45, 7) is 6.78. The molecule has 17 heavy (non-hydrogen) atoms. The van der Waals surface area contributed by atoms with Crippen LogP contribution in [0.25, 0.3) is 11.0 Å². The molecule has 4 heteroatoms. The third-order valence-electron chi connectivity index (χ3n) is 2.64. The summed E-state index contributed by atoms with van der Waals surface area (Å²) in [6.07, 6.45) is 3.48. The number of furan rings is 1. The molecule has 0 saturated carbocycles. The number of pyridine rings is 1. The first kappa shape index (κ1) is 11.9. The summed E-state index contributed by atoms with van der Waals surface area (Å²) < 4.78 is 5.39. The van der Waals surface area contributed by atoms with Gasteiger partial charge in [-0.05, 0) is 18.1 Å². The number of rotatable bonds is 5. The molecule has 0 spiro atoms. The van der Waals surface area contributed by atoms with E-state index in [1.54, 1.807) is 12.5 Å². The van der Waals surface area contributed by atoms with E-state index in [1.165, 1.54) is 0 Å². The van der Waals surface area contributed by atoms with Gasteiger partial charge in [0.25, 0.3) is 0 Å². The maximum Gasteiger partial charge on any atom is 0.139 e. The molecular formula is C13H19N3O. The summed E-state index contributed by atoms with van der Waals surface area (Å²) in [5.41, 5.74) is 6.54. The highest BCUT2D eigenvalue weighted by Gasteiger charge is 2.13. The first-order valence-corrected chi connectivity index (χ1v) is 5.99. The summed E-state index contributed by atoms with van der Waals surface area (Å²) in [7, 11) is 0. The molecule has 0 aliphatic carbocycles. The molecule has 0 aromatic carbocycles. The Morgan fingerprint density at radius 2 is 2.24 bits per heavy atom. The number of hydrogen-bond donors (Lipinski definition) is 1. The topological polar surface area (TPSA) is 55.3 Å². The van der Waals surface area contributed by atoms with E-state index in [4.69, 9.17) is 10.2 Å². The molecule has 0 radical (unpaired) electrons. The molecule has 4 nitrogen and oxygen atoms in total. The lowest BCUT2D eigenvalue weighted by Crippen LogP contribution is -2.33. The molecule has 92 valence electrons. The quantitative estimate of drug-likeness (QED) is 0.860. The minimum absolute atomic E-state index is 0.575. The van der Waals surface area contributed by atoms with Crippen LogP contribution in [0, 0.1) is 5.92 Å². The summed E-state index contributed by atoms with van der Waals surface area (Å²) in [5.74, 6) is 1.54. The van der Waals surface area contributed by atoms with E-state index >= 15 is 0 Å². The van der Waals surface area contributed by atoms with Crippen molar-refractivity contribution in [1.29, 1.82) is 0 Å². The maximum atomic E-state index is 5.67. The normalized spacial score (nSPS) is 11.3. The number of hydrogen-bond acceptors (Lipinski definition) is 4. The van der Waals surface area contributed by atoms with E-state index in [-0.39, 0.29) is 0 Å². The fourth-order valence-corrected chi connectivity index (χ4v) is 2.01. The average molecular weight is 233 g/mol. The van der Waals surface area contributed by atoms with Crippen LogP contribution in [0.4, 0.5) is 5.82 Å². The van der Waals surface area contributed by atoms with Crippen LogP contribution in [0.5, 0.6) is 0 Å². The zero-order chi connectivity index (χ0) is 12.3. The van der Waals surface area contributed by atoms with Crippen LogP contribution in [-0.4, -0.2) is 24.6 Å². The Labute approximate surface area is 101 Å². The van der Waals surface area contributed by atoms with Gasteiger partial charge < -0.3 is 15.1 Å². The minimum Gasteiger partial charge on any atom is -0.464 e. The molecule has 2 rings (SSSR count). The SMILES string of the molecule is CC(C)CN(CCN)c1nccc2occc12. The Morgan fingerprint density at radius 1 is 1.41 bits per heavy atom. The van der Waals surface area contributed by atoms with Crippen LogP contribution in [0.3, 0.4) is 0 Å². The van der Waals surface area contributed by atoms with E-state index in [1.807, 2.05) is 12.1 Å². The van der Waals surface area contributed by atoms with E-state index in [0.29, 0.717) is 12.5 Å². The number of nitrogens with two attached hydrogens (primary N) is 1. The molecule has 0 saturated heterocycles. The maximum absolute atomic E-state index is 5.67. The molecule has 2 aromatic rings. The van der Waals surface area contributed by atoms with E-state index in [0.717, 1.165) is 29.9 Å². The van der Waals surface area contributed by atoms with Crippen molar-refractivity contribution in [3.63, 3.8) is 0 Å². The zero-order valence-corrected chi connectivity index (χ0v) is 10.4.